The Balaban J connectivity index is 1.82. The molecule has 3 N–H and O–H groups in total. The zero-order valence-electron chi connectivity index (χ0n) is 14.8. The molecule has 1 aliphatic heterocycles. The standard InChI is InChI=1S/C18H28N4O2/c1-18(2,3)24-17(23)22-7-6-20-11-16(22)15-9-12-4-5-14(19)8-13(12)10-21-15/h9-10,14,16,20H,4-8,11,19H2,1-3H3. The zero-order chi connectivity index (χ0) is 17.3. The summed E-state index contributed by atoms with van der Waals surface area (Å²) in [6.45, 7) is 7.77. The predicted octanol–water partition coefficient (Wildman–Crippen LogP) is 1.78. The highest BCUT2D eigenvalue weighted by atomic mass is 16.6. The highest BCUT2D eigenvalue weighted by molar-refractivity contribution is 5.69. The Morgan fingerprint density at radius 1 is 1.42 bits per heavy atom. The molecular formula is C18H28N4O2. The molecule has 6 heteroatoms. The van der Waals surface area contributed by atoms with Crippen molar-refractivity contribution in [3.05, 3.63) is 29.1 Å². The maximum absolute atomic E-state index is 12.6. The predicted molar refractivity (Wildman–Crippen MR) is 92.8 cm³/mol. The van der Waals surface area contributed by atoms with Gasteiger partial charge in [-0.1, -0.05) is 0 Å². The fraction of sp³-hybridized carbons (Fsp3) is 0.667. The number of ether oxygens (including phenoxy) is 1. The van der Waals surface area contributed by atoms with E-state index in [1.165, 1.54) is 11.1 Å². The largest absolute Gasteiger partial charge is 0.444 e. The van der Waals surface area contributed by atoms with E-state index in [4.69, 9.17) is 10.5 Å². The van der Waals surface area contributed by atoms with Gasteiger partial charge in [-0.05, 0) is 57.2 Å². The van der Waals surface area contributed by atoms with Gasteiger partial charge in [0.2, 0.25) is 0 Å². The van der Waals surface area contributed by atoms with E-state index in [2.05, 4.69) is 16.4 Å². The maximum atomic E-state index is 12.6. The highest BCUT2D eigenvalue weighted by Crippen LogP contribution is 2.27. The van der Waals surface area contributed by atoms with E-state index < -0.39 is 5.60 Å². The van der Waals surface area contributed by atoms with Crippen molar-refractivity contribution in [3.63, 3.8) is 0 Å². The van der Waals surface area contributed by atoms with Crippen LogP contribution in [0.5, 0.6) is 0 Å². The molecule has 24 heavy (non-hydrogen) atoms. The Labute approximate surface area is 143 Å². The minimum atomic E-state index is -0.494. The van der Waals surface area contributed by atoms with Crippen molar-refractivity contribution in [3.8, 4) is 0 Å². The molecule has 0 radical (unpaired) electrons. The summed E-state index contributed by atoms with van der Waals surface area (Å²) in [7, 11) is 0. The van der Waals surface area contributed by atoms with Crippen LogP contribution in [-0.4, -0.2) is 47.3 Å². The molecule has 2 atom stereocenters. The van der Waals surface area contributed by atoms with Crippen molar-refractivity contribution in [2.24, 2.45) is 5.73 Å². The minimum absolute atomic E-state index is 0.0884. The van der Waals surface area contributed by atoms with Gasteiger partial charge in [-0.15, -0.1) is 0 Å². The van der Waals surface area contributed by atoms with Gasteiger partial charge in [-0.25, -0.2) is 4.79 Å². The SMILES string of the molecule is CC(C)(C)OC(=O)N1CCNCC1c1cc2c(cn1)CC(N)CC2. The lowest BCUT2D eigenvalue weighted by atomic mass is 9.89. The Morgan fingerprint density at radius 2 is 2.21 bits per heavy atom. The van der Waals surface area contributed by atoms with Gasteiger partial charge in [0.05, 0.1) is 11.7 Å². The molecule has 2 heterocycles. The summed E-state index contributed by atoms with van der Waals surface area (Å²) in [6.07, 6.45) is 4.55. The molecule has 6 nitrogen and oxygen atoms in total. The summed E-state index contributed by atoms with van der Waals surface area (Å²) in [5, 5.41) is 3.36. The average molecular weight is 332 g/mol. The number of hydrogen-bond acceptors (Lipinski definition) is 5. The van der Waals surface area contributed by atoms with Crippen molar-refractivity contribution >= 4 is 6.09 Å². The molecule has 2 unspecified atom stereocenters. The zero-order valence-corrected chi connectivity index (χ0v) is 14.8. The summed E-state index contributed by atoms with van der Waals surface area (Å²) in [5.74, 6) is 0. The molecule has 0 spiro atoms. The normalized spacial score (nSPS) is 24.4. The van der Waals surface area contributed by atoms with E-state index in [9.17, 15) is 4.79 Å². The van der Waals surface area contributed by atoms with Crippen LogP contribution in [0.1, 0.15) is 50.1 Å². The minimum Gasteiger partial charge on any atom is -0.444 e. The fourth-order valence-corrected chi connectivity index (χ4v) is 3.38. The van der Waals surface area contributed by atoms with Crippen LogP contribution < -0.4 is 11.1 Å². The second-order valence-corrected chi connectivity index (χ2v) is 7.77. The topological polar surface area (TPSA) is 80.5 Å². The number of fused-ring (bicyclic) bond motifs is 1. The quantitative estimate of drug-likeness (QED) is 0.819. The second-order valence-electron chi connectivity index (χ2n) is 7.77. The summed E-state index contributed by atoms with van der Waals surface area (Å²) in [5.41, 5.74) is 9.04. The summed E-state index contributed by atoms with van der Waals surface area (Å²) in [6, 6.07) is 2.30. The lowest BCUT2D eigenvalue weighted by Crippen LogP contribution is -2.50. The molecule has 0 bridgehead atoms. The number of pyridine rings is 1. The summed E-state index contributed by atoms with van der Waals surface area (Å²) >= 11 is 0. The molecule has 1 aliphatic carbocycles. The van der Waals surface area contributed by atoms with Crippen molar-refractivity contribution in [1.29, 1.82) is 0 Å². The number of amides is 1. The molecule has 1 aromatic rings. The molecule has 1 saturated heterocycles. The molecule has 1 aromatic heterocycles. The number of aromatic nitrogens is 1. The Bertz CT molecular complexity index is 612. The monoisotopic (exact) mass is 332 g/mol. The number of nitrogens with zero attached hydrogens (tertiary/aromatic N) is 2. The first-order chi connectivity index (χ1) is 11.3. The first-order valence-corrected chi connectivity index (χ1v) is 8.77. The first-order valence-electron chi connectivity index (χ1n) is 8.77. The number of nitrogens with two attached hydrogens (primary N) is 1. The number of hydrogen-bond donors (Lipinski definition) is 2. The fourth-order valence-electron chi connectivity index (χ4n) is 3.38. The molecule has 1 fully saturated rings. The summed E-state index contributed by atoms with van der Waals surface area (Å²) < 4.78 is 5.57. The molecular weight excluding hydrogens is 304 g/mol. The van der Waals surface area contributed by atoms with E-state index in [-0.39, 0.29) is 18.2 Å². The third kappa shape index (κ3) is 3.87. The number of rotatable bonds is 1. The molecule has 1 amide bonds. The third-order valence-corrected chi connectivity index (χ3v) is 4.58. The van der Waals surface area contributed by atoms with Crippen LogP contribution in [0.15, 0.2) is 12.3 Å². The van der Waals surface area contributed by atoms with Crippen LogP contribution in [0.25, 0.3) is 0 Å². The van der Waals surface area contributed by atoms with E-state index in [0.29, 0.717) is 13.1 Å². The molecule has 0 saturated carbocycles. The van der Waals surface area contributed by atoms with Crippen LogP contribution >= 0.6 is 0 Å². The van der Waals surface area contributed by atoms with Crippen LogP contribution in [-0.2, 0) is 17.6 Å². The van der Waals surface area contributed by atoms with Gasteiger partial charge < -0.3 is 15.8 Å². The number of aryl methyl sites for hydroxylation is 1. The Hall–Kier alpha value is -1.66. The summed E-state index contributed by atoms with van der Waals surface area (Å²) in [4.78, 5) is 19.0. The average Bonchev–Trinajstić information content (AvgIpc) is 2.53. The van der Waals surface area contributed by atoms with Gasteiger partial charge in [0.15, 0.2) is 0 Å². The van der Waals surface area contributed by atoms with Crippen LogP contribution in [0.3, 0.4) is 0 Å². The van der Waals surface area contributed by atoms with Crippen molar-refractivity contribution in [2.45, 2.75) is 57.7 Å². The van der Waals surface area contributed by atoms with Gasteiger partial charge in [0.1, 0.15) is 5.60 Å². The van der Waals surface area contributed by atoms with Gasteiger partial charge in [0.25, 0.3) is 0 Å². The van der Waals surface area contributed by atoms with Crippen molar-refractivity contribution in [2.75, 3.05) is 19.6 Å². The van der Waals surface area contributed by atoms with Gasteiger partial charge in [-0.2, -0.15) is 0 Å². The van der Waals surface area contributed by atoms with Gasteiger partial charge >= 0.3 is 6.09 Å². The Morgan fingerprint density at radius 3 is 2.96 bits per heavy atom. The maximum Gasteiger partial charge on any atom is 0.410 e. The van der Waals surface area contributed by atoms with Crippen molar-refractivity contribution in [1.82, 2.24) is 15.2 Å². The number of nitrogens with one attached hydrogen (secondary N) is 1. The number of piperazine rings is 1. The van der Waals surface area contributed by atoms with Crippen LogP contribution in [0.2, 0.25) is 0 Å². The van der Waals surface area contributed by atoms with Crippen LogP contribution in [0.4, 0.5) is 4.79 Å². The lowest BCUT2D eigenvalue weighted by Gasteiger charge is -2.37. The van der Waals surface area contributed by atoms with Crippen LogP contribution in [0, 0.1) is 0 Å². The van der Waals surface area contributed by atoms with E-state index in [1.807, 2.05) is 27.0 Å². The van der Waals surface area contributed by atoms with Crippen molar-refractivity contribution < 1.29 is 9.53 Å². The van der Waals surface area contributed by atoms with E-state index >= 15 is 0 Å². The first kappa shape index (κ1) is 17.2. The lowest BCUT2D eigenvalue weighted by molar-refractivity contribution is 0.0113. The number of carbonyl (C=O) groups excluding carboxylic acids is 1. The van der Waals surface area contributed by atoms with E-state index in [0.717, 1.165) is 31.5 Å². The van der Waals surface area contributed by atoms with Gasteiger partial charge in [-0.3, -0.25) is 9.88 Å². The number of carbonyl (C=O) groups is 1. The molecule has 3 rings (SSSR count). The molecule has 132 valence electrons. The third-order valence-electron chi connectivity index (χ3n) is 4.58. The highest BCUT2D eigenvalue weighted by Gasteiger charge is 2.32. The Kier molecular flexibility index (Phi) is 4.78. The molecule has 0 aromatic carbocycles. The molecule has 2 aliphatic rings. The second kappa shape index (κ2) is 6.69. The smallest absolute Gasteiger partial charge is 0.410 e. The van der Waals surface area contributed by atoms with Gasteiger partial charge in [0, 0.05) is 31.9 Å². The van der Waals surface area contributed by atoms with E-state index in [1.54, 1.807) is 4.90 Å².